The van der Waals surface area contributed by atoms with Gasteiger partial charge in [-0.25, -0.2) is 0 Å². The van der Waals surface area contributed by atoms with Crippen LogP contribution in [-0.2, 0) is 11.2 Å². The summed E-state index contributed by atoms with van der Waals surface area (Å²) in [4.78, 5) is 10.4. The minimum absolute atomic E-state index is 0.385. The number of hydrogen-bond acceptors (Lipinski definition) is 3. The molecule has 5 N–H and O–H groups in total. The van der Waals surface area contributed by atoms with Crippen LogP contribution in [0.5, 0.6) is 0 Å². The second-order valence-corrected chi connectivity index (χ2v) is 5.24. The lowest BCUT2D eigenvalue weighted by Gasteiger charge is -2.04. The summed E-state index contributed by atoms with van der Waals surface area (Å²) in [5, 5.41) is 11.0. The van der Waals surface area contributed by atoms with Gasteiger partial charge in [-0.2, -0.15) is 0 Å². The van der Waals surface area contributed by atoms with Crippen LogP contribution >= 0.6 is 0 Å². The fraction of sp³-hybridized carbons (Fsp3) is 0.105. The van der Waals surface area contributed by atoms with E-state index in [4.69, 9.17) is 16.6 Å². The van der Waals surface area contributed by atoms with Gasteiger partial charge in [0.05, 0.1) is 0 Å². The third-order valence-electron chi connectivity index (χ3n) is 3.39. The summed E-state index contributed by atoms with van der Waals surface area (Å²) in [6.45, 7) is 0. The monoisotopic (exact) mass is 308 g/mol. The van der Waals surface area contributed by atoms with Gasteiger partial charge in [0.15, 0.2) is 0 Å². The molecule has 23 heavy (non-hydrogen) atoms. The summed E-state index contributed by atoms with van der Waals surface area (Å²) in [6.07, 6.45) is 0.385. The van der Waals surface area contributed by atoms with Crippen LogP contribution in [0.25, 0.3) is 10.8 Å². The van der Waals surface area contributed by atoms with Crippen LogP contribution < -0.4 is 11.5 Å². The van der Waals surface area contributed by atoms with Crippen molar-refractivity contribution in [1.29, 1.82) is 0 Å². The Morgan fingerprint density at radius 1 is 0.913 bits per heavy atom. The average molecular weight is 308 g/mol. The molecule has 0 aliphatic rings. The number of benzene rings is 3. The Labute approximate surface area is 135 Å². The van der Waals surface area contributed by atoms with Gasteiger partial charge in [0.25, 0.3) is 0 Å². The maximum absolute atomic E-state index is 10.4. The zero-order valence-electron chi connectivity index (χ0n) is 12.7. The zero-order chi connectivity index (χ0) is 16.7. The van der Waals surface area contributed by atoms with Crippen molar-refractivity contribution in [2.45, 2.75) is 12.5 Å². The van der Waals surface area contributed by atoms with E-state index < -0.39 is 12.0 Å². The van der Waals surface area contributed by atoms with Crippen LogP contribution in [0.3, 0.4) is 0 Å². The second kappa shape index (κ2) is 7.96. The van der Waals surface area contributed by atoms with Gasteiger partial charge in [0.2, 0.25) is 0 Å². The molecule has 4 heteroatoms. The Bertz CT molecular complexity index is 772. The van der Waals surface area contributed by atoms with Crippen LogP contribution in [-0.4, -0.2) is 17.1 Å². The van der Waals surface area contributed by atoms with Gasteiger partial charge in [-0.1, -0.05) is 60.7 Å². The van der Waals surface area contributed by atoms with Gasteiger partial charge in [-0.3, -0.25) is 4.79 Å². The molecule has 0 bridgehead atoms. The Morgan fingerprint density at radius 3 is 2.17 bits per heavy atom. The molecule has 3 aromatic carbocycles. The van der Waals surface area contributed by atoms with E-state index >= 15 is 0 Å². The molecule has 3 rings (SSSR count). The van der Waals surface area contributed by atoms with E-state index in [0.29, 0.717) is 6.42 Å². The van der Waals surface area contributed by atoms with Crippen molar-refractivity contribution in [2.75, 3.05) is 5.73 Å². The number of anilines is 1. The van der Waals surface area contributed by atoms with Crippen LogP contribution in [0.15, 0.2) is 72.8 Å². The first-order valence-electron chi connectivity index (χ1n) is 7.33. The molecule has 3 aromatic rings. The number of rotatable bonds is 3. The highest BCUT2D eigenvalue weighted by molar-refractivity contribution is 5.85. The predicted molar refractivity (Wildman–Crippen MR) is 94.1 cm³/mol. The SMILES string of the molecule is NC(Cc1ccccc1)C(=O)O.Nc1ccc2ccccc2c1. The summed E-state index contributed by atoms with van der Waals surface area (Å²) in [7, 11) is 0. The smallest absolute Gasteiger partial charge is 0.320 e. The molecule has 0 aliphatic heterocycles. The van der Waals surface area contributed by atoms with Gasteiger partial charge < -0.3 is 16.6 Å². The average Bonchev–Trinajstić information content (AvgIpc) is 2.56. The number of aliphatic carboxylic acids is 1. The molecule has 118 valence electrons. The summed E-state index contributed by atoms with van der Waals surface area (Å²) >= 11 is 0. The van der Waals surface area contributed by atoms with Gasteiger partial charge in [-0.05, 0) is 34.9 Å². The number of hydrogen-bond donors (Lipinski definition) is 3. The van der Waals surface area contributed by atoms with Crippen LogP contribution in [0, 0.1) is 0 Å². The molecule has 0 radical (unpaired) electrons. The van der Waals surface area contributed by atoms with Gasteiger partial charge in [0.1, 0.15) is 6.04 Å². The molecule has 0 fully saturated rings. The van der Waals surface area contributed by atoms with Crippen molar-refractivity contribution in [1.82, 2.24) is 0 Å². The number of carboxylic acids is 1. The summed E-state index contributed by atoms with van der Waals surface area (Å²) in [5.41, 5.74) is 12.7. The topological polar surface area (TPSA) is 89.3 Å². The number of carboxylic acid groups (broad SMARTS) is 1. The Balaban J connectivity index is 0.000000167. The normalized spacial score (nSPS) is 11.3. The molecular weight excluding hydrogens is 288 g/mol. The predicted octanol–water partition coefficient (Wildman–Crippen LogP) is 3.06. The molecule has 0 aromatic heterocycles. The van der Waals surface area contributed by atoms with E-state index in [-0.39, 0.29) is 0 Å². The second-order valence-electron chi connectivity index (χ2n) is 5.24. The van der Waals surface area contributed by atoms with Gasteiger partial charge in [-0.15, -0.1) is 0 Å². The first-order valence-corrected chi connectivity index (χ1v) is 7.33. The van der Waals surface area contributed by atoms with Crippen molar-refractivity contribution < 1.29 is 9.90 Å². The fourth-order valence-electron chi connectivity index (χ4n) is 2.16. The van der Waals surface area contributed by atoms with Crippen molar-refractivity contribution in [3.8, 4) is 0 Å². The number of nitrogens with two attached hydrogens (primary N) is 2. The third-order valence-corrected chi connectivity index (χ3v) is 3.39. The van der Waals surface area contributed by atoms with Gasteiger partial charge >= 0.3 is 5.97 Å². The summed E-state index contributed by atoms with van der Waals surface area (Å²) < 4.78 is 0. The Hall–Kier alpha value is -2.85. The first kappa shape index (κ1) is 16.5. The van der Waals surface area contributed by atoms with Crippen molar-refractivity contribution in [3.63, 3.8) is 0 Å². The van der Waals surface area contributed by atoms with E-state index in [9.17, 15) is 4.79 Å². The van der Waals surface area contributed by atoms with Crippen molar-refractivity contribution in [3.05, 3.63) is 78.4 Å². The maximum Gasteiger partial charge on any atom is 0.320 e. The van der Waals surface area contributed by atoms with Crippen molar-refractivity contribution >= 4 is 22.4 Å². The molecule has 0 spiro atoms. The zero-order valence-corrected chi connectivity index (χ0v) is 12.7. The standard InChI is InChI=1S/C10H9N.C9H11NO2/c11-10-6-5-8-3-1-2-4-9(8)7-10;10-8(9(11)12)6-7-4-2-1-3-5-7/h1-7H,11H2;1-5,8H,6,10H2,(H,11,12). The van der Waals surface area contributed by atoms with Crippen molar-refractivity contribution in [2.24, 2.45) is 5.73 Å². The first-order chi connectivity index (χ1) is 11.1. The van der Waals surface area contributed by atoms with E-state index in [0.717, 1.165) is 11.3 Å². The number of fused-ring (bicyclic) bond motifs is 1. The maximum atomic E-state index is 10.4. The lowest BCUT2D eigenvalue weighted by Crippen LogP contribution is -2.32. The van der Waals surface area contributed by atoms with Crippen LogP contribution in [0.4, 0.5) is 5.69 Å². The summed E-state index contributed by atoms with van der Waals surface area (Å²) in [5.74, 6) is -0.959. The molecule has 0 amide bonds. The van der Waals surface area contributed by atoms with E-state index in [1.54, 1.807) is 0 Å². The highest BCUT2D eigenvalue weighted by atomic mass is 16.4. The largest absolute Gasteiger partial charge is 0.480 e. The quantitative estimate of drug-likeness (QED) is 0.649. The minimum atomic E-state index is -0.959. The van der Waals surface area contributed by atoms with E-state index in [2.05, 4.69) is 12.1 Å². The molecule has 0 heterocycles. The molecule has 1 unspecified atom stereocenters. The lowest BCUT2D eigenvalue weighted by molar-refractivity contribution is -0.138. The highest BCUT2D eigenvalue weighted by Gasteiger charge is 2.10. The minimum Gasteiger partial charge on any atom is -0.480 e. The van der Waals surface area contributed by atoms with Crippen LogP contribution in [0.1, 0.15) is 5.56 Å². The highest BCUT2D eigenvalue weighted by Crippen LogP contribution is 2.16. The molecule has 0 saturated heterocycles. The molecule has 0 aliphatic carbocycles. The summed E-state index contributed by atoms with van der Waals surface area (Å²) in [6, 6.07) is 22.7. The Morgan fingerprint density at radius 2 is 1.52 bits per heavy atom. The van der Waals surface area contributed by atoms with Crippen LogP contribution in [0.2, 0.25) is 0 Å². The molecular formula is C19H20N2O2. The molecule has 1 atom stereocenters. The Kier molecular flexibility index (Phi) is 5.72. The number of nitrogen functional groups attached to an aromatic ring is 1. The molecule has 0 saturated carbocycles. The molecule has 4 nitrogen and oxygen atoms in total. The third kappa shape index (κ3) is 5.13. The van der Waals surface area contributed by atoms with E-state index in [1.165, 1.54) is 10.8 Å². The van der Waals surface area contributed by atoms with Gasteiger partial charge in [0, 0.05) is 5.69 Å². The van der Waals surface area contributed by atoms with E-state index in [1.807, 2.05) is 60.7 Å². The lowest BCUT2D eigenvalue weighted by atomic mass is 10.1. The fourth-order valence-corrected chi connectivity index (χ4v) is 2.16. The number of carbonyl (C=O) groups is 1.